The Bertz CT molecular complexity index is 788. The molecule has 0 aliphatic carbocycles. The van der Waals surface area contributed by atoms with Gasteiger partial charge in [-0.3, -0.25) is 4.79 Å². The molecule has 0 radical (unpaired) electrons. The molecule has 6 heteroatoms. The maximum absolute atomic E-state index is 14.4. The lowest BCUT2D eigenvalue weighted by Gasteiger charge is -2.31. The van der Waals surface area contributed by atoms with Gasteiger partial charge in [0, 0.05) is 22.5 Å². The van der Waals surface area contributed by atoms with Crippen molar-refractivity contribution in [2.45, 2.75) is 46.1 Å². The molecule has 0 amide bonds. The van der Waals surface area contributed by atoms with Gasteiger partial charge in [0.15, 0.2) is 11.6 Å². The molecule has 1 aliphatic rings. The summed E-state index contributed by atoms with van der Waals surface area (Å²) in [6.45, 7) is 8.39. The first-order valence-electron chi connectivity index (χ1n) is 7.87. The summed E-state index contributed by atoms with van der Waals surface area (Å²) in [6, 6.07) is 3.69. The highest BCUT2D eigenvalue weighted by Crippen LogP contribution is 2.39. The molecular weight excluding hydrogens is 328 g/mol. The van der Waals surface area contributed by atoms with E-state index in [9.17, 15) is 18.4 Å². The number of hydrogen-bond donors (Lipinski definition) is 1. The van der Waals surface area contributed by atoms with Gasteiger partial charge in [0.1, 0.15) is 11.9 Å². The Morgan fingerprint density at radius 2 is 1.84 bits per heavy atom. The second kappa shape index (κ2) is 6.78. The van der Waals surface area contributed by atoms with Crippen molar-refractivity contribution in [1.82, 2.24) is 5.32 Å². The van der Waals surface area contributed by atoms with Crippen molar-refractivity contribution in [2.24, 2.45) is 0 Å². The first-order valence-corrected chi connectivity index (χ1v) is 7.87. The number of benzene rings is 1. The summed E-state index contributed by atoms with van der Waals surface area (Å²) in [5.74, 6) is -3.85. The third-order valence-corrected chi connectivity index (χ3v) is 3.85. The van der Waals surface area contributed by atoms with Gasteiger partial charge in [0.2, 0.25) is 0 Å². The minimum absolute atomic E-state index is 0.0804. The first kappa shape index (κ1) is 18.8. The van der Waals surface area contributed by atoms with E-state index in [1.807, 2.05) is 0 Å². The van der Waals surface area contributed by atoms with Crippen molar-refractivity contribution >= 4 is 12.3 Å². The van der Waals surface area contributed by atoms with Gasteiger partial charge in [-0.15, -0.1) is 0 Å². The van der Waals surface area contributed by atoms with Crippen molar-refractivity contribution in [3.05, 3.63) is 57.9 Å². The van der Waals surface area contributed by atoms with E-state index >= 15 is 0 Å². The molecule has 0 fully saturated rings. The zero-order chi connectivity index (χ0) is 18.9. The second-order valence-electron chi connectivity index (χ2n) is 6.94. The zero-order valence-corrected chi connectivity index (χ0v) is 14.9. The average molecular weight is 349 g/mol. The molecule has 0 bridgehead atoms. The molecule has 134 valence electrons. The second-order valence-corrected chi connectivity index (χ2v) is 6.94. The van der Waals surface area contributed by atoms with Crippen LogP contribution in [0.1, 0.15) is 46.1 Å². The molecule has 1 unspecified atom stereocenters. The smallest absolute Gasteiger partial charge is 0.337 e. The van der Waals surface area contributed by atoms with Gasteiger partial charge >= 0.3 is 5.97 Å². The molecule has 1 aromatic rings. The van der Waals surface area contributed by atoms with Crippen LogP contribution >= 0.6 is 0 Å². The molecule has 1 atom stereocenters. The summed E-state index contributed by atoms with van der Waals surface area (Å²) in [4.78, 5) is 24.3. The fourth-order valence-electron chi connectivity index (χ4n) is 2.84. The van der Waals surface area contributed by atoms with Crippen LogP contribution in [0.5, 0.6) is 0 Å². The van der Waals surface area contributed by atoms with Crippen molar-refractivity contribution in [1.29, 1.82) is 0 Å². The number of halogens is 2. The maximum Gasteiger partial charge on any atom is 0.337 e. The Kier molecular flexibility index (Phi) is 5.11. The summed E-state index contributed by atoms with van der Waals surface area (Å²) in [5, 5.41) is 2.94. The van der Waals surface area contributed by atoms with Crippen LogP contribution in [0.4, 0.5) is 8.78 Å². The Morgan fingerprint density at radius 1 is 1.20 bits per heavy atom. The number of hydrogen-bond acceptors (Lipinski definition) is 4. The number of carbonyl (C=O) groups is 2. The monoisotopic (exact) mass is 349 g/mol. The summed E-state index contributed by atoms with van der Waals surface area (Å²) in [5.41, 5.74) is 0.318. The Hall–Kier alpha value is -2.50. The van der Waals surface area contributed by atoms with E-state index in [4.69, 9.17) is 4.74 Å². The van der Waals surface area contributed by atoms with Gasteiger partial charge in [-0.25, -0.2) is 13.6 Å². The summed E-state index contributed by atoms with van der Waals surface area (Å²) in [6.07, 6.45) is 0.550. The molecule has 1 heterocycles. The molecule has 0 spiro atoms. The van der Waals surface area contributed by atoms with Crippen LogP contribution in [0, 0.1) is 11.6 Å². The lowest BCUT2D eigenvalue weighted by atomic mass is 9.80. The van der Waals surface area contributed by atoms with E-state index in [0.717, 1.165) is 6.07 Å². The lowest BCUT2D eigenvalue weighted by molar-refractivity contribution is -0.150. The number of dihydropyridines is 1. The number of allylic oxidation sites excluding steroid dienone is 3. The van der Waals surface area contributed by atoms with E-state index < -0.39 is 29.1 Å². The third kappa shape index (κ3) is 3.78. The van der Waals surface area contributed by atoms with Crippen molar-refractivity contribution < 1.29 is 23.1 Å². The predicted molar refractivity (Wildman–Crippen MR) is 89.5 cm³/mol. The topological polar surface area (TPSA) is 55.4 Å². The largest absolute Gasteiger partial charge is 0.457 e. The molecule has 1 N–H and O–H groups in total. The number of ether oxygens (including phenoxy) is 1. The average Bonchev–Trinajstić information content (AvgIpc) is 2.47. The fourth-order valence-corrected chi connectivity index (χ4v) is 2.84. The minimum Gasteiger partial charge on any atom is -0.457 e. The highest BCUT2D eigenvalue weighted by molar-refractivity contribution is 5.96. The standard InChI is InChI=1S/C19H21F2NO3/c1-10-13(9-23)16(12-7-6-8-14(20)17(12)21)15(11(2)22-10)18(24)25-19(3,4)5/h6-9,16,22H,1-5H3. The molecule has 4 nitrogen and oxygen atoms in total. The zero-order valence-electron chi connectivity index (χ0n) is 14.9. The number of aldehydes is 1. The highest BCUT2D eigenvalue weighted by atomic mass is 19.2. The quantitative estimate of drug-likeness (QED) is 0.667. The van der Waals surface area contributed by atoms with Crippen LogP contribution in [0.3, 0.4) is 0 Å². The first-order chi connectivity index (χ1) is 11.6. The number of nitrogens with one attached hydrogen (secondary N) is 1. The number of rotatable bonds is 3. The number of carbonyl (C=O) groups excluding carboxylic acids is 2. The van der Waals surface area contributed by atoms with E-state index in [1.165, 1.54) is 12.1 Å². The Balaban J connectivity index is 2.66. The third-order valence-electron chi connectivity index (χ3n) is 3.85. The highest BCUT2D eigenvalue weighted by Gasteiger charge is 2.37. The van der Waals surface area contributed by atoms with Crippen LogP contribution < -0.4 is 5.32 Å². The number of esters is 1. The van der Waals surface area contributed by atoms with Crippen LogP contribution in [0.15, 0.2) is 40.7 Å². The van der Waals surface area contributed by atoms with Crippen LogP contribution in [0.25, 0.3) is 0 Å². The van der Waals surface area contributed by atoms with Crippen LogP contribution in [0.2, 0.25) is 0 Å². The van der Waals surface area contributed by atoms with Gasteiger partial charge in [-0.1, -0.05) is 12.1 Å². The fraction of sp³-hybridized carbons (Fsp3) is 0.368. The predicted octanol–water partition coefficient (Wildman–Crippen LogP) is 3.74. The van der Waals surface area contributed by atoms with E-state index in [1.54, 1.807) is 34.6 Å². The molecular formula is C19H21F2NO3. The SMILES string of the molecule is CC1=C(C=O)C(c2cccc(F)c2F)C(C(=O)OC(C)(C)C)=C(C)N1. The minimum atomic E-state index is -1.09. The van der Waals surface area contributed by atoms with Gasteiger partial charge in [-0.2, -0.15) is 0 Å². The van der Waals surface area contributed by atoms with E-state index in [-0.39, 0.29) is 16.7 Å². The summed E-state index contributed by atoms with van der Waals surface area (Å²) in [7, 11) is 0. The van der Waals surface area contributed by atoms with Crippen LogP contribution in [-0.2, 0) is 14.3 Å². The van der Waals surface area contributed by atoms with Gasteiger partial charge in [0.05, 0.1) is 11.5 Å². The molecule has 25 heavy (non-hydrogen) atoms. The van der Waals surface area contributed by atoms with Crippen molar-refractivity contribution in [3.8, 4) is 0 Å². The molecule has 1 aliphatic heterocycles. The maximum atomic E-state index is 14.4. The molecule has 1 aromatic carbocycles. The summed E-state index contributed by atoms with van der Waals surface area (Å²) >= 11 is 0. The molecule has 0 saturated heterocycles. The molecule has 2 rings (SSSR count). The lowest BCUT2D eigenvalue weighted by Crippen LogP contribution is -2.33. The molecule has 0 saturated carbocycles. The van der Waals surface area contributed by atoms with Gasteiger partial charge < -0.3 is 10.1 Å². The van der Waals surface area contributed by atoms with Crippen molar-refractivity contribution in [2.75, 3.05) is 0 Å². The van der Waals surface area contributed by atoms with Crippen molar-refractivity contribution in [3.63, 3.8) is 0 Å². The Labute approximate surface area is 145 Å². The normalized spacial score (nSPS) is 18.1. The van der Waals surface area contributed by atoms with E-state index in [2.05, 4.69) is 5.32 Å². The van der Waals surface area contributed by atoms with E-state index in [0.29, 0.717) is 17.7 Å². The van der Waals surface area contributed by atoms with Crippen LogP contribution in [-0.4, -0.2) is 17.9 Å². The Morgan fingerprint density at radius 3 is 2.40 bits per heavy atom. The molecule has 0 aromatic heterocycles. The summed E-state index contributed by atoms with van der Waals surface area (Å²) < 4.78 is 33.6. The van der Waals surface area contributed by atoms with Gasteiger partial charge in [-0.05, 0) is 40.7 Å². The van der Waals surface area contributed by atoms with Gasteiger partial charge in [0.25, 0.3) is 0 Å².